The molecule has 3 nitrogen and oxygen atoms in total. The highest BCUT2D eigenvalue weighted by atomic mass is 19.4. The molecule has 144 valence electrons. The molecule has 1 unspecified atom stereocenters. The van der Waals surface area contributed by atoms with Crippen molar-refractivity contribution in [3.05, 3.63) is 53.8 Å². The summed E-state index contributed by atoms with van der Waals surface area (Å²) in [5.41, 5.74) is 1.42. The molecule has 0 heterocycles. The number of hydrogen-bond donors (Lipinski definition) is 1. The molecular weight excluding hydrogens is 364 g/mol. The number of benzene rings is 2. The fourth-order valence-corrected chi connectivity index (χ4v) is 2.95. The molecule has 0 amide bonds. The zero-order chi connectivity index (χ0) is 19.6. The van der Waals surface area contributed by atoms with Crippen LogP contribution in [-0.4, -0.2) is 23.9 Å². The minimum absolute atomic E-state index is 0.0637. The highest BCUT2D eigenvalue weighted by molar-refractivity contribution is 5.78. The van der Waals surface area contributed by atoms with Crippen molar-refractivity contribution >= 4 is 5.97 Å². The second-order valence-electron chi connectivity index (χ2n) is 6.77. The Balaban J connectivity index is 1.98. The smallest absolute Gasteiger partial charge is 0.422 e. The number of ether oxygens (including phenoxy) is 1. The molecule has 1 fully saturated rings. The number of halogens is 4. The molecule has 0 radical (unpaired) electrons. The van der Waals surface area contributed by atoms with Crippen molar-refractivity contribution in [3.63, 3.8) is 0 Å². The first-order chi connectivity index (χ1) is 12.7. The van der Waals surface area contributed by atoms with Crippen molar-refractivity contribution in [3.8, 4) is 16.9 Å². The molecule has 3 rings (SSSR count). The van der Waals surface area contributed by atoms with Crippen LogP contribution in [0.4, 0.5) is 17.6 Å². The van der Waals surface area contributed by atoms with Crippen LogP contribution in [0.15, 0.2) is 42.5 Å². The minimum atomic E-state index is -4.51. The number of hydrogen-bond acceptors (Lipinski definition) is 2. The summed E-state index contributed by atoms with van der Waals surface area (Å²) in [4.78, 5) is 11.7. The zero-order valence-electron chi connectivity index (χ0n) is 14.3. The van der Waals surface area contributed by atoms with Crippen LogP contribution in [-0.2, 0) is 4.79 Å². The van der Waals surface area contributed by atoms with E-state index in [1.54, 1.807) is 6.07 Å². The Morgan fingerprint density at radius 1 is 1.11 bits per heavy atom. The van der Waals surface area contributed by atoms with Crippen LogP contribution < -0.4 is 4.74 Å². The normalized spacial score (nSPS) is 15.4. The van der Waals surface area contributed by atoms with Gasteiger partial charge in [-0.2, -0.15) is 13.2 Å². The summed E-state index contributed by atoms with van der Waals surface area (Å²) >= 11 is 0. The molecule has 1 aliphatic carbocycles. The van der Waals surface area contributed by atoms with Gasteiger partial charge in [-0.05, 0) is 53.3 Å². The molecule has 0 aromatic heterocycles. The Morgan fingerprint density at radius 3 is 2.33 bits per heavy atom. The van der Waals surface area contributed by atoms with E-state index in [4.69, 9.17) is 4.74 Å². The van der Waals surface area contributed by atoms with Gasteiger partial charge in [-0.15, -0.1) is 0 Å². The van der Waals surface area contributed by atoms with Gasteiger partial charge in [0.2, 0.25) is 0 Å². The molecule has 7 heteroatoms. The molecule has 2 aromatic rings. The lowest BCUT2D eigenvalue weighted by Gasteiger charge is -2.17. The molecule has 0 aliphatic heterocycles. The molecule has 27 heavy (non-hydrogen) atoms. The maximum atomic E-state index is 13.2. The summed E-state index contributed by atoms with van der Waals surface area (Å²) < 4.78 is 55.6. The summed E-state index contributed by atoms with van der Waals surface area (Å²) in [7, 11) is 0. The van der Waals surface area contributed by atoms with Gasteiger partial charge in [0, 0.05) is 0 Å². The maximum Gasteiger partial charge on any atom is 0.422 e. The average Bonchev–Trinajstić information content (AvgIpc) is 3.41. The minimum Gasteiger partial charge on any atom is -0.484 e. The van der Waals surface area contributed by atoms with E-state index in [2.05, 4.69) is 0 Å². The van der Waals surface area contributed by atoms with Gasteiger partial charge in [0.1, 0.15) is 11.6 Å². The molecule has 0 spiro atoms. The van der Waals surface area contributed by atoms with E-state index < -0.39 is 30.5 Å². The molecule has 1 saturated carbocycles. The van der Waals surface area contributed by atoms with Crippen molar-refractivity contribution in [1.82, 2.24) is 0 Å². The van der Waals surface area contributed by atoms with Gasteiger partial charge in [-0.25, -0.2) is 4.39 Å². The summed E-state index contributed by atoms with van der Waals surface area (Å²) in [5.74, 6) is -2.04. The van der Waals surface area contributed by atoms with Crippen LogP contribution in [0.1, 0.15) is 30.7 Å². The second kappa shape index (κ2) is 7.58. The van der Waals surface area contributed by atoms with Crippen LogP contribution in [0.25, 0.3) is 11.1 Å². The highest BCUT2D eigenvalue weighted by Crippen LogP contribution is 2.40. The molecule has 2 aromatic carbocycles. The van der Waals surface area contributed by atoms with E-state index >= 15 is 0 Å². The standard InChI is InChI=1S/C20H18F4O3/c21-16-5-3-13(4-6-16)14-8-15(18(19(25)26)7-12-1-2-12)10-17(9-14)27-11-20(22,23)24/h3-6,8-10,12,18H,1-2,7,11H2,(H,25,26). The van der Waals surface area contributed by atoms with Gasteiger partial charge >= 0.3 is 12.1 Å². The number of alkyl halides is 3. The first-order valence-electron chi connectivity index (χ1n) is 8.54. The topological polar surface area (TPSA) is 46.5 Å². The van der Waals surface area contributed by atoms with Crippen LogP contribution >= 0.6 is 0 Å². The maximum absolute atomic E-state index is 13.2. The fraction of sp³-hybridized carbons (Fsp3) is 0.350. The second-order valence-corrected chi connectivity index (χ2v) is 6.77. The van der Waals surface area contributed by atoms with E-state index in [0.29, 0.717) is 29.0 Å². The lowest BCUT2D eigenvalue weighted by molar-refractivity contribution is -0.153. The predicted octanol–water partition coefficient (Wildman–Crippen LogP) is 5.40. The Labute approximate surface area is 153 Å². The number of carbonyl (C=O) groups is 1. The van der Waals surface area contributed by atoms with Gasteiger partial charge in [0.25, 0.3) is 0 Å². The Bertz CT molecular complexity index is 811. The summed E-state index contributed by atoms with van der Waals surface area (Å²) in [6.07, 6.45) is -2.16. The molecule has 1 atom stereocenters. The van der Waals surface area contributed by atoms with Gasteiger partial charge in [-0.3, -0.25) is 4.79 Å². The van der Waals surface area contributed by atoms with Gasteiger partial charge in [0.15, 0.2) is 6.61 Å². The van der Waals surface area contributed by atoms with E-state index in [-0.39, 0.29) is 5.75 Å². The van der Waals surface area contributed by atoms with Gasteiger partial charge in [0.05, 0.1) is 5.92 Å². The molecule has 0 saturated heterocycles. The van der Waals surface area contributed by atoms with E-state index in [1.807, 2.05) is 0 Å². The Kier molecular flexibility index (Phi) is 5.39. The Morgan fingerprint density at radius 2 is 1.78 bits per heavy atom. The van der Waals surface area contributed by atoms with Crippen molar-refractivity contribution in [2.45, 2.75) is 31.4 Å². The number of aliphatic carboxylic acids is 1. The van der Waals surface area contributed by atoms with E-state index in [0.717, 1.165) is 12.8 Å². The third-order valence-electron chi connectivity index (χ3n) is 4.48. The van der Waals surface area contributed by atoms with Crippen molar-refractivity contribution < 1.29 is 32.2 Å². The number of carboxylic acid groups (broad SMARTS) is 1. The monoisotopic (exact) mass is 382 g/mol. The predicted molar refractivity (Wildman–Crippen MR) is 91.1 cm³/mol. The van der Waals surface area contributed by atoms with E-state index in [1.165, 1.54) is 36.4 Å². The number of carboxylic acids is 1. The third-order valence-corrected chi connectivity index (χ3v) is 4.48. The molecule has 0 bridgehead atoms. The third kappa shape index (κ3) is 5.45. The van der Waals surface area contributed by atoms with Crippen LogP contribution in [0.3, 0.4) is 0 Å². The number of rotatable bonds is 7. The lowest BCUT2D eigenvalue weighted by atomic mass is 9.90. The summed E-state index contributed by atoms with van der Waals surface area (Å²) in [6, 6.07) is 9.80. The average molecular weight is 382 g/mol. The van der Waals surface area contributed by atoms with Gasteiger partial charge < -0.3 is 9.84 Å². The first kappa shape index (κ1) is 19.2. The SMILES string of the molecule is O=C(O)C(CC1CC1)c1cc(OCC(F)(F)F)cc(-c2ccc(F)cc2)c1. The van der Waals surface area contributed by atoms with Crippen molar-refractivity contribution in [2.24, 2.45) is 5.92 Å². The fourth-order valence-electron chi connectivity index (χ4n) is 2.95. The Hall–Kier alpha value is -2.57. The van der Waals surface area contributed by atoms with Crippen LogP contribution in [0.5, 0.6) is 5.75 Å². The van der Waals surface area contributed by atoms with Crippen molar-refractivity contribution in [1.29, 1.82) is 0 Å². The van der Waals surface area contributed by atoms with Crippen molar-refractivity contribution in [2.75, 3.05) is 6.61 Å². The summed E-state index contributed by atoms with van der Waals surface area (Å²) in [6.45, 7) is -1.47. The zero-order valence-corrected chi connectivity index (χ0v) is 14.3. The van der Waals surface area contributed by atoms with Crippen LogP contribution in [0.2, 0.25) is 0 Å². The first-order valence-corrected chi connectivity index (χ1v) is 8.54. The molecule has 1 N–H and O–H groups in total. The highest BCUT2D eigenvalue weighted by Gasteiger charge is 2.32. The molecular formula is C20H18F4O3. The largest absolute Gasteiger partial charge is 0.484 e. The van der Waals surface area contributed by atoms with E-state index in [9.17, 15) is 27.5 Å². The van der Waals surface area contributed by atoms with Gasteiger partial charge in [-0.1, -0.05) is 31.0 Å². The lowest BCUT2D eigenvalue weighted by Crippen LogP contribution is -2.19. The molecule has 1 aliphatic rings. The van der Waals surface area contributed by atoms with Crippen LogP contribution in [0, 0.1) is 11.7 Å². The quantitative estimate of drug-likeness (QED) is 0.652. The summed E-state index contributed by atoms with van der Waals surface area (Å²) in [5, 5.41) is 9.58.